The van der Waals surface area contributed by atoms with Gasteiger partial charge in [-0.1, -0.05) is 194 Å². The quantitative estimate of drug-likeness (QED) is 0.169. The van der Waals surface area contributed by atoms with E-state index in [0.29, 0.717) is 5.92 Å². The van der Waals surface area contributed by atoms with E-state index in [1.807, 2.05) is 0 Å². The molecule has 324 valence electrons. The minimum absolute atomic E-state index is 0.296. The van der Waals surface area contributed by atoms with Gasteiger partial charge in [0, 0.05) is 55.2 Å². The molecule has 2 aliphatic rings. The molecule has 12 aromatic rings. The Morgan fingerprint density at radius 2 is 1.10 bits per heavy atom. The summed E-state index contributed by atoms with van der Waals surface area (Å²) >= 11 is 0. The van der Waals surface area contributed by atoms with Gasteiger partial charge in [-0.3, -0.25) is 4.99 Å². The molecule has 1 N–H and O–H groups in total. The molecule has 3 heterocycles. The molecule has 0 spiro atoms. The highest BCUT2D eigenvalue weighted by Crippen LogP contribution is 2.46. The van der Waals surface area contributed by atoms with Gasteiger partial charge in [-0.05, 0) is 97.4 Å². The van der Waals surface area contributed by atoms with Crippen molar-refractivity contribution in [2.45, 2.75) is 18.5 Å². The lowest BCUT2D eigenvalue weighted by atomic mass is 9.84. The van der Waals surface area contributed by atoms with Crippen LogP contribution < -0.4 is 5.32 Å². The molecule has 10 aromatic carbocycles. The number of para-hydroxylation sites is 2. The molecule has 2 unspecified atom stereocenters. The molecule has 0 saturated carbocycles. The Balaban J connectivity index is 0.950. The highest BCUT2D eigenvalue weighted by Gasteiger charge is 2.25. The topological polar surface area (TPSA) is 50.4 Å². The number of rotatable bonds is 6. The summed E-state index contributed by atoms with van der Waals surface area (Å²) in [6.45, 7) is 0. The van der Waals surface area contributed by atoms with E-state index in [0.717, 1.165) is 84.0 Å². The van der Waals surface area contributed by atoms with Gasteiger partial charge in [0.05, 0.1) is 16.9 Å². The van der Waals surface area contributed by atoms with E-state index >= 15 is 0 Å². The van der Waals surface area contributed by atoms with E-state index in [4.69, 9.17) is 14.4 Å². The Labute approximate surface area is 398 Å². The predicted molar refractivity (Wildman–Crippen MR) is 289 cm³/mol. The normalized spacial score (nSPS) is 16.1. The first-order valence-electron chi connectivity index (χ1n) is 23.9. The number of aliphatic imine (C=N–C) groups is 1. The lowest BCUT2D eigenvalue weighted by Gasteiger charge is -2.25. The van der Waals surface area contributed by atoms with Crippen molar-refractivity contribution >= 4 is 92.9 Å². The number of allylic oxidation sites excluding steroid dienone is 5. The Morgan fingerprint density at radius 1 is 0.464 bits per heavy atom. The average Bonchev–Trinajstić information content (AvgIpc) is 3.81. The van der Waals surface area contributed by atoms with Crippen LogP contribution in [0.4, 0.5) is 0 Å². The van der Waals surface area contributed by atoms with Gasteiger partial charge in [0.15, 0.2) is 0 Å². The summed E-state index contributed by atoms with van der Waals surface area (Å²) in [4.78, 5) is 10.9. The van der Waals surface area contributed by atoms with E-state index in [2.05, 4.69) is 236 Å². The van der Waals surface area contributed by atoms with Gasteiger partial charge in [0.1, 0.15) is 17.3 Å². The van der Waals surface area contributed by atoms with Crippen LogP contribution in [0.3, 0.4) is 0 Å². The van der Waals surface area contributed by atoms with Gasteiger partial charge in [-0.2, -0.15) is 0 Å². The fraction of sp³-hybridized carbons (Fsp3) is 0.0462. The lowest BCUT2D eigenvalue weighted by Crippen LogP contribution is -2.24. The van der Waals surface area contributed by atoms with E-state index in [9.17, 15) is 0 Å². The van der Waals surface area contributed by atoms with Gasteiger partial charge in [-0.15, -0.1) is 0 Å². The first kappa shape index (κ1) is 39.3. The van der Waals surface area contributed by atoms with Crippen molar-refractivity contribution in [2.24, 2.45) is 4.99 Å². The minimum atomic E-state index is -0.296. The molecule has 2 atom stereocenters. The fourth-order valence-electron chi connectivity index (χ4n) is 11.1. The molecule has 4 nitrogen and oxygen atoms in total. The number of hydrogen-bond acceptors (Lipinski definition) is 4. The van der Waals surface area contributed by atoms with Crippen LogP contribution in [0, 0.1) is 0 Å². The summed E-state index contributed by atoms with van der Waals surface area (Å²) in [6.07, 6.45) is 9.96. The summed E-state index contributed by atoms with van der Waals surface area (Å²) in [5, 5.41) is 16.9. The van der Waals surface area contributed by atoms with E-state index in [1.54, 1.807) is 0 Å². The van der Waals surface area contributed by atoms with E-state index < -0.39 is 0 Å². The Hall–Kier alpha value is -8.86. The molecule has 1 aliphatic heterocycles. The maximum atomic E-state index is 6.77. The molecule has 0 fully saturated rings. The summed E-state index contributed by atoms with van der Waals surface area (Å²) in [5.41, 5.74) is 13.5. The van der Waals surface area contributed by atoms with Gasteiger partial charge in [0.25, 0.3) is 0 Å². The Bertz CT molecular complexity index is 4160. The predicted octanol–water partition coefficient (Wildman–Crippen LogP) is 16.7. The Kier molecular flexibility index (Phi) is 9.06. The van der Waals surface area contributed by atoms with Crippen molar-refractivity contribution in [3.8, 4) is 11.3 Å². The van der Waals surface area contributed by atoms with Crippen LogP contribution in [0.1, 0.15) is 46.3 Å². The van der Waals surface area contributed by atoms with E-state index in [-0.39, 0.29) is 6.17 Å². The first-order chi connectivity index (χ1) is 34.2. The summed E-state index contributed by atoms with van der Waals surface area (Å²) in [7, 11) is 0. The van der Waals surface area contributed by atoms with Crippen LogP contribution in [0.15, 0.2) is 240 Å². The minimum Gasteiger partial charge on any atom is -0.456 e. The number of aromatic nitrogens is 1. The molecular formula is C65H43N3O. The largest absolute Gasteiger partial charge is 0.456 e. The second-order valence-electron chi connectivity index (χ2n) is 18.4. The molecule has 0 amide bonds. The Morgan fingerprint density at radius 3 is 1.84 bits per heavy atom. The number of pyridine rings is 1. The zero-order chi connectivity index (χ0) is 45.4. The van der Waals surface area contributed by atoms with Gasteiger partial charge < -0.3 is 9.73 Å². The molecular weight excluding hydrogens is 839 g/mol. The van der Waals surface area contributed by atoms with Crippen molar-refractivity contribution in [1.82, 2.24) is 10.3 Å². The summed E-state index contributed by atoms with van der Waals surface area (Å²) in [5.74, 6) is 0.314. The van der Waals surface area contributed by atoms with Crippen molar-refractivity contribution in [2.75, 3.05) is 0 Å². The molecule has 0 saturated heterocycles. The number of nitrogens with zero attached hydrogens (tertiary/aromatic N) is 2. The second-order valence-corrected chi connectivity index (χ2v) is 18.4. The molecule has 69 heavy (non-hydrogen) atoms. The molecule has 0 bridgehead atoms. The number of hydrogen-bond donors (Lipinski definition) is 1. The highest BCUT2D eigenvalue weighted by atomic mass is 16.3. The van der Waals surface area contributed by atoms with E-state index in [1.165, 1.54) is 54.4 Å². The second kappa shape index (κ2) is 15.9. The zero-order valence-corrected chi connectivity index (χ0v) is 37.6. The molecule has 0 radical (unpaired) electrons. The number of nitrogens with one attached hydrogen (secondary N) is 1. The lowest BCUT2D eigenvalue weighted by molar-refractivity contribution is 0.664. The SMILES string of the molecule is C1=CC(c2ccccc2)CC=C1c1c2c(cc3c(-c4cccc(C5=CC(c6ccc7c8ccccc8c8ccccc8c7c6)=NC(c6ccccc6)N5)c4)nc4ccccc4c13)oc1ccccc12. The summed E-state index contributed by atoms with van der Waals surface area (Å²) < 4.78 is 6.77. The van der Waals surface area contributed by atoms with Crippen LogP contribution >= 0.6 is 0 Å². The molecule has 1 aliphatic carbocycles. The number of furan rings is 1. The maximum absolute atomic E-state index is 6.77. The number of benzene rings is 10. The standard InChI is InChI=1S/C65H43N3O/c1-3-16-40(17-4-1)41-30-32-42(33-31-41)61-62-52-26-11-13-28-56(52)66-64(55(62)38-60-63(61)53-27-12-14-29-59(53)69-60)46-21-15-20-44(36-46)57-39-58(68-65(67-57)43-18-5-2-6-19-43)45-34-35-51-49-24-8-7-22-47(49)48-23-9-10-25-50(48)54(51)37-45/h1-30,32-39,41,65,67H,31H2. The molecule has 4 heteroatoms. The van der Waals surface area contributed by atoms with Gasteiger partial charge in [0.2, 0.25) is 0 Å². The smallest absolute Gasteiger partial charge is 0.145 e. The third-order valence-electron chi connectivity index (χ3n) is 14.4. The summed E-state index contributed by atoms with van der Waals surface area (Å²) in [6, 6.07) is 73.8. The van der Waals surface area contributed by atoms with Crippen LogP contribution in [-0.4, -0.2) is 10.7 Å². The van der Waals surface area contributed by atoms with Crippen molar-refractivity contribution < 1.29 is 4.42 Å². The number of fused-ring (bicyclic) bond motifs is 12. The van der Waals surface area contributed by atoms with Crippen LogP contribution in [0.2, 0.25) is 0 Å². The first-order valence-corrected chi connectivity index (χ1v) is 23.9. The molecule has 2 aromatic heterocycles. The van der Waals surface area contributed by atoms with Crippen LogP contribution in [0.5, 0.6) is 0 Å². The maximum Gasteiger partial charge on any atom is 0.145 e. The highest BCUT2D eigenvalue weighted by molar-refractivity contribution is 6.28. The zero-order valence-electron chi connectivity index (χ0n) is 37.6. The van der Waals surface area contributed by atoms with Crippen molar-refractivity contribution in [3.63, 3.8) is 0 Å². The van der Waals surface area contributed by atoms with Gasteiger partial charge in [-0.25, -0.2) is 4.98 Å². The van der Waals surface area contributed by atoms with Crippen LogP contribution in [-0.2, 0) is 0 Å². The van der Waals surface area contributed by atoms with Gasteiger partial charge >= 0.3 is 0 Å². The molecule has 14 rings (SSSR count). The van der Waals surface area contributed by atoms with Crippen molar-refractivity contribution in [1.29, 1.82) is 0 Å². The monoisotopic (exact) mass is 881 g/mol. The third-order valence-corrected chi connectivity index (χ3v) is 14.4. The van der Waals surface area contributed by atoms with Crippen molar-refractivity contribution in [3.05, 3.63) is 258 Å². The fourth-order valence-corrected chi connectivity index (χ4v) is 11.1. The third kappa shape index (κ3) is 6.52. The van der Waals surface area contributed by atoms with Crippen LogP contribution in [0.25, 0.3) is 98.5 Å². The average molecular weight is 882 g/mol.